The number of carbonyl (C=O) groups is 1. The van der Waals surface area contributed by atoms with E-state index in [1.54, 1.807) is 24.1 Å². The van der Waals surface area contributed by atoms with E-state index in [4.69, 9.17) is 13.9 Å². The van der Waals surface area contributed by atoms with E-state index < -0.39 is 5.97 Å². The van der Waals surface area contributed by atoms with Crippen LogP contribution >= 0.6 is 11.8 Å². The Hall–Kier alpha value is -1.62. The number of carboxylic acids is 1. The number of rotatable bonds is 5. The Bertz CT molecular complexity index is 458. The van der Waals surface area contributed by atoms with Crippen molar-refractivity contribution in [1.29, 1.82) is 0 Å². The van der Waals surface area contributed by atoms with E-state index in [0.29, 0.717) is 11.3 Å². The predicted molar refractivity (Wildman–Crippen MR) is 59.4 cm³/mol. The van der Waals surface area contributed by atoms with E-state index in [1.807, 2.05) is 12.1 Å². The van der Waals surface area contributed by atoms with E-state index in [2.05, 4.69) is 0 Å². The van der Waals surface area contributed by atoms with E-state index in [-0.39, 0.29) is 5.76 Å². The smallest absolute Gasteiger partial charge is 0.372 e. The molecule has 84 valence electrons. The van der Waals surface area contributed by atoms with Gasteiger partial charge >= 0.3 is 5.97 Å². The first kappa shape index (κ1) is 10.9. The van der Waals surface area contributed by atoms with Crippen LogP contribution in [-0.2, 0) is 11.5 Å². The molecule has 2 rings (SSSR count). The Balaban J connectivity index is 1.90. The van der Waals surface area contributed by atoms with Crippen molar-refractivity contribution >= 4 is 17.7 Å². The second-order valence-electron chi connectivity index (χ2n) is 3.15. The minimum Gasteiger partial charge on any atom is -0.475 e. The zero-order chi connectivity index (χ0) is 11.4. The molecule has 0 saturated carbocycles. The molecule has 1 N–H and O–H groups in total. The Kier molecular flexibility index (Phi) is 3.36. The molecule has 0 aliphatic carbocycles. The standard InChI is InChI=1S/C11H10O4S/c12-11(13)10-8(3-5-15-10)6-16-7-9-2-1-4-14-9/h1-5H,6-7H2,(H,12,13). The molecule has 0 aliphatic rings. The average molecular weight is 238 g/mol. The van der Waals surface area contributed by atoms with Crippen molar-refractivity contribution in [2.75, 3.05) is 0 Å². The summed E-state index contributed by atoms with van der Waals surface area (Å²) in [7, 11) is 0. The molecule has 0 bridgehead atoms. The zero-order valence-electron chi connectivity index (χ0n) is 8.38. The van der Waals surface area contributed by atoms with Gasteiger partial charge in [0.15, 0.2) is 0 Å². The van der Waals surface area contributed by atoms with Crippen molar-refractivity contribution in [3.05, 3.63) is 47.8 Å². The lowest BCUT2D eigenvalue weighted by atomic mass is 10.3. The quantitative estimate of drug-likeness (QED) is 0.867. The summed E-state index contributed by atoms with van der Waals surface area (Å²) in [5.74, 6) is 1.19. The van der Waals surface area contributed by atoms with E-state index in [1.165, 1.54) is 6.26 Å². The first-order chi connectivity index (χ1) is 7.77. The number of hydrogen-bond acceptors (Lipinski definition) is 4. The second-order valence-corrected chi connectivity index (χ2v) is 4.14. The Morgan fingerprint density at radius 3 is 2.81 bits per heavy atom. The summed E-state index contributed by atoms with van der Waals surface area (Å²) in [6, 6.07) is 5.40. The Morgan fingerprint density at radius 1 is 1.25 bits per heavy atom. The lowest BCUT2D eigenvalue weighted by Crippen LogP contribution is -1.97. The highest BCUT2D eigenvalue weighted by Gasteiger charge is 2.13. The fraction of sp³-hybridized carbons (Fsp3) is 0.182. The molecule has 2 aromatic heterocycles. The van der Waals surface area contributed by atoms with Gasteiger partial charge < -0.3 is 13.9 Å². The minimum atomic E-state index is -1.03. The van der Waals surface area contributed by atoms with Crippen LogP contribution in [0.2, 0.25) is 0 Å². The summed E-state index contributed by atoms with van der Waals surface area (Å²) in [4.78, 5) is 10.8. The van der Waals surface area contributed by atoms with Gasteiger partial charge in [-0.1, -0.05) is 0 Å². The molecule has 0 radical (unpaired) electrons. The average Bonchev–Trinajstić information content (AvgIpc) is 2.87. The highest BCUT2D eigenvalue weighted by Crippen LogP contribution is 2.21. The summed E-state index contributed by atoms with van der Waals surface area (Å²) in [6.45, 7) is 0. The molecule has 4 nitrogen and oxygen atoms in total. The second kappa shape index (κ2) is 4.94. The maximum atomic E-state index is 10.8. The number of carboxylic acid groups (broad SMARTS) is 1. The summed E-state index contributed by atoms with van der Waals surface area (Å²) < 4.78 is 10.0. The molecule has 0 amide bonds. The van der Waals surface area contributed by atoms with Gasteiger partial charge in [-0.25, -0.2) is 4.79 Å². The molecule has 0 atom stereocenters. The molecule has 0 fully saturated rings. The van der Waals surface area contributed by atoms with Gasteiger partial charge in [-0.2, -0.15) is 0 Å². The van der Waals surface area contributed by atoms with E-state index in [9.17, 15) is 4.79 Å². The molecule has 0 saturated heterocycles. The normalized spacial score (nSPS) is 10.5. The molecular weight excluding hydrogens is 228 g/mol. The van der Waals surface area contributed by atoms with Gasteiger partial charge in [0.1, 0.15) is 5.76 Å². The minimum absolute atomic E-state index is 0.0203. The van der Waals surface area contributed by atoms with Crippen LogP contribution in [-0.4, -0.2) is 11.1 Å². The molecule has 16 heavy (non-hydrogen) atoms. The van der Waals surface area contributed by atoms with Crippen LogP contribution in [0.15, 0.2) is 39.6 Å². The summed E-state index contributed by atoms with van der Waals surface area (Å²) >= 11 is 1.58. The molecule has 2 aromatic rings. The van der Waals surface area contributed by atoms with Gasteiger partial charge in [0.25, 0.3) is 0 Å². The molecule has 2 heterocycles. The summed E-state index contributed by atoms with van der Waals surface area (Å²) in [5.41, 5.74) is 0.698. The highest BCUT2D eigenvalue weighted by molar-refractivity contribution is 7.97. The molecule has 0 aromatic carbocycles. The number of thioether (sulfide) groups is 1. The van der Waals surface area contributed by atoms with Crippen molar-refractivity contribution < 1.29 is 18.7 Å². The van der Waals surface area contributed by atoms with Crippen LogP contribution in [0.25, 0.3) is 0 Å². The van der Waals surface area contributed by atoms with Crippen LogP contribution in [0.5, 0.6) is 0 Å². The van der Waals surface area contributed by atoms with Gasteiger partial charge in [-0.05, 0) is 18.2 Å². The van der Waals surface area contributed by atoms with Crippen LogP contribution in [0.3, 0.4) is 0 Å². The zero-order valence-corrected chi connectivity index (χ0v) is 9.20. The molecule has 5 heteroatoms. The maximum absolute atomic E-state index is 10.8. The van der Waals surface area contributed by atoms with E-state index in [0.717, 1.165) is 11.5 Å². The van der Waals surface area contributed by atoms with Gasteiger partial charge in [-0.3, -0.25) is 0 Å². The monoisotopic (exact) mass is 238 g/mol. The SMILES string of the molecule is O=C(O)c1occc1CSCc1ccco1. The third-order valence-electron chi connectivity index (χ3n) is 2.02. The molecule has 0 spiro atoms. The fourth-order valence-electron chi connectivity index (χ4n) is 1.29. The van der Waals surface area contributed by atoms with Crippen molar-refractivity contribution in [2.45, 2.75) is 11.5 Å². The van der Waals surface area contributed by atoms with Crippen molar-refractivity contribution in [3.63, 3.8) is 0 Å². The first-order valence-corrected chi connectivity index (χ1v) is 5.82. The van der Waals surface area contributed by atoms with Crippen LogP contribution in [0.4, 0.5) is 0 Å². The van der Waals surface area contributed by atoms with Crippen molar-refractivity contribution in [2.24, 2.45) is 0 Å². The highest BCUT2D eigenvalue weighted by atomic mass is 32.2. The van der Waals surface area contributed by atoms with Gasteiger partial charge in [0.05, 0.1) is 18.3 Å². The Labute approximate surface area is 96.3 Å². The summed E-state index contributed by atoms with van der Waals surface area (Å²) in [6.07, 6.45) is 3.02. The van der Waals surface area contributed by atoms with Crippen LogP contribution in [0, 0.1) is 0 Å². The molecule has 0 unspecified atom stereocenters. The van der Waals surface area contributed by atoms with Crippen molar-refractivity contribution in [1.82, 2.24) is 0 Å². The molecule has 0 aliphatic heterocycles. The predicted octanol–water partition coefficient (Wildman–Crippen LogP) is 3.00. The van der Waals surface area contributed by atoms with E-state index >= 15 is 0 Å². The van der Waals surface area contributed by atoms with Crippen LogP contribution in [0.1, 0.15) is 21.9 Å². The number of hydrogen-bond donors (Lipinski definition) is 1. The van der Waals surface area contributed by atoms with Gasteiger partial charge in [0, 0.05) is 11.3 Å². The largest absolute Gasteiger partial charge is 0.475 e. The number of furan rings is 2. The third-order valence-corrected chi connectivity index (χ3v) is 3.03. The summed E-state index contributed by atoms with van der Waals surface area (Å²) in [5, 5.41) is 8.82. The lowest BCUT2D eigenvalue weighted by Gasteiger charge is -1.98. The van der Waals surface area contributed by atoms with Gasteiger partial charge in [0.2, 0.25) is 5.76 Å². The number of aromatic carboxylic acids is 1. The van der Waals surface area contributed by atoms with Gasteiger partial charge in [-0.15, -0.1) is 11.8 Å². The molecular formula is C11H10O4S. The topological polar surface area (TPSA) is 63.6 Å². The fourth-order valence-corrected chi connectivity index (χ4v) is 2.21. The Morgan fingerprint density at radius 2 is 2.12 bits per heavy atom. The maximum Gasteiger partial charge on any atom is 0.372 e. The lowest BCUT2D eigenvalue weighted by molar-refractivity contribution is 0.0661. The third kappa shape index (κ3) is 2.49. The first-order valence-electron chi connectivity index (χ1n) is 4.67. The van der Waals surface area contributed by atoms with Crippen molar-refractivity contribution in [3.8, 4) is 0 Å². The van der Waals surface area contributed by atoms with Crippen LogP contribution < -0.4 is 0 Å².